The van der Waals surface area contributed by atoms with Crippen molar-refractivity contribution >= 4 is 5.91 Å². The molecule has 1 amide bonds. The molecule has 2 fully saturated rings. The predicted octanol–water partition coefficient (Wildman–Crippen LogP) is 3.85. The molecule has 4 heteroatoms. The first-order valence-electron chi connectivity index (χ1n) is 8.98. The van der Waals surface area contributed by atoms with Gasteiger partial charge in [0.15, 0.2) is 6.10 Å². The third-order valence-electron chi connectivity index (χ3n) is 4.93. The Morgan fingerprint density at radius 1 is 1.04 bits per heavy atom. The summed E-state index contributed by atoms with van der Waals surface area (Å²) in [6, 6.07) is 20.0. The number of ether oxygens (including phenoxy) is 2. The van der Waals surface area contributed by atoms with Crippen LogP contribution in [0.5, 0.6) is 0 Å². The highest BCUT2D eigenvalue weighted by atomic mass is 16.6. The molecule has 2 aromatic carbocycles. The van der Waals surface area contributed by atoms with Crippen LogP contribution in [0, 0.1) is 0 Å². The molecular weight excluding hydrogens is 314 g/mol. The van der Waals surface area contributed by atoms with Gasteiger partial charge in [0.05, 0.1) is 12.6 Å². The molecule has 2 unspecified atom stereocenters. The molecule has 0 N–H and O–H groups in total. The topological polar surface area (TPSA) is 42.1 Å². The lowest BCUT2D eigenvalue weighted by Crippen LogP contribution is -2.40. The molecule has 0 aliphatic carbocycles. The van der Waals surface area contributed by atoms with Crippen LogP contribution in [0.1, 0.15) is 43.0 Å². The highest BCUT2D eigenvalue weighted by Gasteiger charge is 2.52. The van der Waals surface area contributed by atoms with Gasteiger partial charge in [-0.05, 0) is 17.5 Å². The van der Waals surface area contributed by atoms with Crippen molar-refractivity contribution in [2.24, 2.45) is 0 Å². The van der Waals surface area contributed by atoms with Gasteiger partial charge in [0.2, 0.25) is 0 Å². The molecule has 25 heavy (non-hydrogen) atoms. The molecule has 4 rings (SSSR count). The van der Waals surface area contributed by atoms with Crippen LogP contribution in [0.15, 0.2) is 60.7 Å². The quantitative estimate of drug-likeness (QED) is 0.778. The van der Waals surface area contributed by atoms with Gasteiger partial charge in [-0.1, -0.05) is 74.0 Å². The van der Waals surface area contributed by atoms with E-state index in [-0.39, 0.29) is 24.3 Å². The van der Waals surface area contributed by atoms with Crippen LogP contribution in [-0.4, -0.2) is 29.7 Å². The number of nitrogens with zero attached hydrogens (tertiary/aromatic N) is 1. The van der Waals surface area contributed by atoms with Crippen molar-refractivity contribution in [3.8, 4) is 0 Å². The van der Waals surface area contributed by atoms with Crippen LogP contribution >= 0.6 is 0 Å². The predicted molar refractivity (Wildman–Crippen MR) is 94.7 cm³/mol. The maximum absolute atomic E-state index is 13.2. The summed E-state index contributed by atoms with van der Waals surface area (Å²) < 4.78 is 11.7. The number of carbonyl (C=O) groups excluding carboxylic acids is 1. The van der Waals surface area contributed by atoms with Gasteiger partial charge in [-0.2, -0.15) is 0 Å². The molecule has 2 aliphatic rings. The minimum absolute atomic E-state index is 0.0362. The first-order chi connectivity index (χ1) is 12.3. The van der Waals surface area contributed by atoms with Crippen molar-refractivity contribution in [1.29, 1.82) is 0 Å². The summed E-state index contributed by atoms with van der Waals surface area (Å²) >= 11 is 0. The molecule has 0 saturated carbocycles. The van der Waals surface area contributed by atoms with Crippen molar-refractivity contribution in [3.05, 3.63) is 71.8 Å². The molecule has 0 spiro atoms. The SMILES string of the molecule is CCC[C@H]1OC[C@@H](c2ccccc2)N1C(=O)C1OC1c1ccccc1. The molecule has 4 nitrogen and oxygen atoms in total. The van der Waals surface area contributed by atoms with Gasteiger partial charge >= 0.3 is 0 Å². The molecule has 4 atom stereocenters. The molecular formula is C21H23NO3. The van der Waals surface area contributed by atoms with Gasteiger partial charge in [0, 0.05) is 0 Å². The Morgan fingerprint density at radius 2 is 1.68 bits per heavy atom. The molecule has 2 aromatic rings. The molecule has 2 heterocycles. The van der Waals surface area contributed by atoms with E-state index in [0.717, 1.165) is 24.0 Å². The summed E-state index contributed by atoms with van der Waals surface area (Å²) in [4.78, 5) is 15.1. The van der Waals surface area contributed by atoms with Crippen molar-refractivity contribution < 1.29 is 14.3 Å². The second kappa shape index (κ2) is 6.98. The first kappa shape index (κ1) is 16.3. The van der Waals surface area contributed by atoms with Crippen molar-refractivity contribution in [1.82, 2.24) is 4.90 Å². The van der Waals surface area contributed by atoms with Crippen LogP contribution in [-0.2, 0) is 14.3 Å². The summed E-state index contributed by atoms with van der Waals surface area (Å²) in [5, 5.41) is 0. The number of rotatable bonds is 5. The fraction of sp³-hybridized carbons (Fsp3) is 0.381. The van der Waals surface area contributed by atoms with Crippen LogP contribution in [0.4, 0.5) is 0 Å². The minimum Gasteiger partial charge on any atom is -0.356 e. The van der Waals surface area contributed by atoms with Crippen LogP contribution < -0.4 is 0 Å². The van der Waals surface area contributed by atoms with E-state index in [2.05, 4.69) is 19.1 Å². The smallest absolute Gasteiger partial charge is 0.257 e. The monoisotopic (exact) mass is 337 g/mol. The molecule has 0 bridgehead atoms. The molecule has 2 saturated heterocycles. The highest BCUT2D eigenvalue weighted by molar-refractivity contribution is 5.85. The van der Waals surface area contributed by atoms with Gasteiger partial charge in [-0.3, -0.25) is 4.79 Å². The fourth-order valence-corrected chi connectivity index (χ4v) is 3.60. The van der Waals surface area contributed by atoms with Crippen molar-refractivity contribution in [2.45, 2.75) is 44.2 Å². The number of hydrogen-bond donors (Lipinski definition) is 0. The fourth-order valence-electron chi connectivity index (χ4n) is 3.60. The largest absolute Gasteiger partial charge is 0.356 e. The maximum atomic E-state index is 13.2. The Morgan fingerprint density at radius 3 is 2.32 bits per heavy atom. The van der Waals surface area contributed by atoms with E-state index in [0.29, 0.717) is 6.61 Å². The summed E-state index contributed by atoms with van der Waals surface area (Å²) in [7, 11) is 0. The summed E-state index contributed by atoms with van der Waals surface area (Å²) in [6.45, 7) is 2.66. The van der Waals surface area contributed by atoms with E-state index >= 15 is 0 Å². The second-order valence-electron chi connectivity index (χ2n) is 6.64. The van der Waals surface area contributed by atoms with Gasteiger partial charge in [-0.25, -0.2) is 0 Å². The third-order valence-corrected chi connectivity index (χ3v) is 4.93. The summed E-state index contributed by atoms with van der Waals surface area (Å²) in [5.41, 5.74) is 2.18. The normalized spacial score (nSPS) is 28.1. The van der Waals surface area contributed by atoms with Gasteiger partial charge < -0.3 is 14.4 Å². The summed E-state index contributed by atoms with van der Waals surface area (Å²) in [5.74, 6) is 0.0404. The Kier molecular flexibility index (Phi) is 4.55. The lowest BCUT2D eigenvalue weighted by Gasteiger charge is -2.28. The van der Waals surface area contributed by atoms with Crippen molar-refractivity contribution in [3.63, 3.8) is 0 Å². The van der Waals surface area contributed by atoms with Crippen LogP contribution in [0.25, 0.3) is 0 Å². The highest BCUT2D eigenvalue weighted by Crippen LogP contribution is 2.43. The zero-order valence-corrected chi connectivity index (χ0v) is 14.4. The number of amides is 1. The zero-order chi connectivity index (χ0) is 17.2. The molecule has 2 aliphatic heterocycles. The van der Waals surface area contributed by atoms with Gasteiger partial charge in [0.1, 0.15) is 12.3 Å². The standard InChI is InChI=1S/C21H23NO3/c1-2-9-18-22(17(14-24-18)15-10-5-3-6-11-15)21(23)20-19(25-20)16-12-7-4-8-13-16/h3-8,10-13,17-20H,2,9,14H2,1H3/t17-,18+,19?,20?/m0/s1. The van der Waals surface area contributed by atoms with Crippen molar-refractivity contribution in [2.75, 3.05) is 6.61 Å². The van der Waals surface area contributed by atoms with Gasteiger partial charge in [0.25, 0.3) is 5.91 Å². The summed E-state index contributed by atoms with van der Waals surface area (Å²) in [6.07, 6.45) is 1.13. The van der Waals surface area contributed by atoms with Crippen LogP contribution in [0.3, 0.4) is 0 Å². The molecule has 130 valence electrons. The maximum Gasteiger partial charge on any atom is 0.257 e. The Labute approximate surface area is 148 Å². The molecule has 0 radical (unpaired) electrons. The van der Waals surface area contributed by atoms with E-state index in [9.17, 15) is 4.79 Å². The van der Waals surface area contributed by atoms with E-state index < -0.39 is 6.10 Å². The zero-order valence-electron chi connectivity index (χ0n) is 14.4. The third kappa shape index (κ3) is 3.20. The number of hydrogen-bond acceptors (Lipinski definition) is 3. The average Bonchev–Trinajstić information content (AvgIpc) is 3.36. The second-order valence-corrected chi connectivity index (χ2v) is 6.64. The molecule has 0 aromatic heterocycles. The average molecular weight is 337 g/mol. The number of epoxide rings is 1. The lowest BCUT2D eigenvalue weighted by molar-refractivity contribution is -0.139. The number of benzene rings is 2. The first-order valence-corrected chi connectivity index (χ1v) is 8.98. The van der Waals surface area contributed by atoms with E-state index in [4.69, 9.17) is 9.47 Å². The minimum atomic E-state index is -0.394. The Bertz CT molecular complexity index is 718. The lowest BCUT2D eigenvalue weighted by atomic mass is 10.0. The van der Waals surface area contributed by atoms with Gasteiger partial charge in [-0.15, -0.1) is 0 Å². The van der Waals surface area contributed by atoms with E-state index in [1.54, 1.807) is 0 Å². The Balaban J connectivity index is 1.55. The number of carbonyl (C=O) groups is 1. The van der Waals surface area contributed by atoms with E-state index in [1.165, 1.54) is 0 Å². The van der Waals surface area contributed by atoms with E-state index in [1.807, 2.05) is 53.4 Å². The van der Waals surface area contributed by atoms with Crippen LogP contribution in [0.2, 0.25) is 0 Å². The Hall–Kier alpha value is -2.17.